The number of hydrogen-bond acceptors (Lipinski definition) is 2. The van der Waals surface area contributed by atoms with Gasteiger partial charge in [0.2, 0.25) is 0 Å². The Kier molecular flexibility index (Phi) is 4.88. The van der Waals surface area contributed by atoms with E-state index in [2.05, 4.69) is 27.8 Å². The van der Waals surface area contributed by atoms with Crippen molar-refractivity contribution in [2.24, 2.45) is 0 Å². The predicted molar refractivity (Wildman–Crippen MR) is 79.5 cm³/mol. The first-order valence-electron chi connectivity index (χ1n) is 5.79. The first-order chi connectivity index (χ1) is 9.28. The molecule has 3 heteroatoms. The van der Waals surface area contributed by atoms with Crippen LogP contribution in [0.1, 0.15) is 5.56 Å². The highest BCUT2D eigenvalue weighted by Gasteiger charge is 1.92. The summed E-state index contributed by atoms with van der Waals surface area (Å²) >= 11 is 3.38. The zero-order chi connectivity index (χ0) is 13.5. The summed E-state index contributed by atoms with van der Waals surface area (Å²) in [4.78, 5) is 0. The molecule has 19 heavy (non-hydrogen) atoms. The largest absolute Gasteiger partial charge is 0.497 e. The highest BCUT2D eigenvalue weighted by Crippen LogP contribution is 2.15. The number of methoxy groups -OCH3 is 1. The van der Waals surface area contributed by atoms with Crippen LogP contribution in [0.5, 0.6) is 11.5 Å². The molecule has 0 fully saturated rings. The molecule has 0 saturated carbocycles. The van der Waals surface area contributed by atoms with Crippen molar-refractivity contribution >= 4 is 15.9 Å². The molecule has 0 amide bonds. The van der Waals surface area contributed by atoms with Gasteiger partial charge in [-0.15, -0.1) is 0 Å². The fraction of sp³-hybridized carbons (Fsp3) is 0.125. The van der Waals surface area contributed by atoms with Crippen LogP contribution >= 0.6 is 15.9 Å². The summed E-state index contributed by atoms with van der Waals surface area (Å²) in [7, 11) is 1.65. The highest BCUT2D eigenvalue weighted by atomic mass is 79.9. The summed E-state index contributed by atoms with van der Waals surface area (Å²) < 4.78 is 11.6. The van der Waals surface area contributed by atoms with Crippen molar-refractivity contribution in [2.45, 2.75) is 0 Å². The molecule has 0 atom stereocenters. The van der Waals surface area contributed by atoms with Crippen LogP contribution in [0.3, 0.4) is 0 Å². The molecular weight excluding hydrogens is 304 g/mol. The molecule has 2 nitrogen and oxygen atoms in total. The lowest BCUT2D eigenvalue weighted by Crippen LogP contribution is -1.93. The molecule has 96 valence electrons. The standard InChI is InChI=1S/C16H13BrO2/c1-18-15-8-4-13(5-9-15)3-2-12-19-16-10-6-14(17)7-11-16/h4-11H,12H2,1H3. The molecule has 0 aliphatic heterocycles. The van der Waals surface area contributed by atoms with E-state index in [0.29, 0.717) is 6.61 Å². The minimum absolute atomic E-state index is 0.369. The van der Waals surface area contributed by atoms with E-state index in [9.17, 15) is 0 Å². The molecular formula is C16H13BrO2. The molecule has 0 N–H and O–H groups in total. The van der Waals surface area contributed by atoms with E-state index in [0.717, 1.165) is 21.5 Å². The van der Waals surface area contributed by atoms with Crippen molar-refractivity contribution in [3.8, 4) is 23.3 Å². The van der Waals surface area contributed by atoms with Crippen LogP contribution in [0.15, 0.2) is 53.0 Å². The van der Waals surface area contributed by atoms with Gasteiger partial charge in [-0.3, -0.25) is 0 Å². The van der Waals surface area contributed by atoms with E-state index in [1.807, 2.05) is 48.5 Å². The number of halogens is 1. The van der Waals surface area contributed by atoms with Crippen molar-refractivity contribution < 1.29 is 9.47 Å². The normalized spacial score (nSPS) is 9.37. The van der Waals surface area contributed by atoms with Crippen molar-refractivity contribution in [3.63, 3.8) is 0 Å². The van der Waals surface area contributed by atoms with Crippen LogP contribution in [0.2, 0.25) is 0 Å². The summed E-state index contributed by atoms with van der Waals surface area (Å²) in [5, 5.41) is 0. The van der Waals surface area contributed by atoms with E-state index < -0.39 is 0 Å². The third kappa shape index (κ3) is 4.35. The van der Waals surface area contributed by atoms with Gasteiger partial charge < -0.3 is 9.47 Å². The van der Waals surface area contributed by atoms with E-state index >= 15 is 0 Å². The van der Waals surface area contributed by atoms with Gasteiger partial charge >= 0.3 is 0 Å². The zero-order valence-corrected chi connectivity index (χ0v) is 12.1. The Hall–Kier alpha value is -1.92. The van der Waals surface area contributed by atoms with Crippen LogP contribution in [-0.4, -0.2) is 13.7 Å². The van der Waals surface area contributed by atoms with Gasteiger partial charge in [-0.1, -0.05) is 27.8 Å². The maximum absolute atomic E-state index is 5.51. The van der Waals surface area contributed by atoms with Crippen molar-refractivity contribution in [2.75, 3.05) is 13.7 Å². The van der Waals surface area contributed by atoms with Gasteiger partial charge in [0.05, 0.1) is 7.11 Å². The third-order valence-corrected chi connectivity index (χ3v) is 2.98. The second-order valence-corrected chi connectivity index (χ2v) is 4.69. The van der Waals surface area contributed by atoms with Crippen LogP contribution < -0.4 is 9.47 Å². The Balaban J connectivity index is 1.88. The molecule has 0 aromatic heterocycles. The van der Waals surface area contributed by atoms with Crippen LogP contribution in [-0.2, 0) is 0 Å². The van der Waals surface area contributed by atoms with Crippen molar-refractivity contribution in [3.05, 3.63) is 58.6 Å². The average Bonchev–Trinajstić information content (AvgIpc) is 2.46. The summed E-state index contributed by atoms with van der Waals surface area (Å²) in [5.41, 5.74) is 0.945. The number of ether oxygens (including phenoxy) is 2. The Bertz CT molecular complexity index is 577. The molecule has 0 saturated heterocycles. The first kappa shape index (κ1) is 13.5. The Labute approximate surface area is 121 Å². The SMILES string of the molecule is COc1ccc(C#CCOc2ccc(Br)cc2)cc1. The molecule has 2 rings (SSSR count). The molecule has 2 aromatic rings. The molecule has 0 radical (unpaired) electrons. The molecule has 0 heterocycles. The maximum Gasteiger partial charge on any atom is 0.149 e. The summed E-state index contributed by atoms with van der Waals surface area (Å²) in [5.74, 6) is 7.66. The summed E-state index contributed by atoms with van der Waals surface area (Å²) in [6.07, 6.45) is 0. The van der Waals surface area contributed by atoms with Gasteiger partial charge in [-0.2, -0.15) is 0 Å². The van der Waals surface area contributed by atoms with Crippen molar-refractivity contribution in [1.29, 1.82) is 0 Å². The molecule has 0 spiro atoms. The highest BCUT2D eigenvalue weighted by molar-refractivity contribution is 9.10. The van der Waals surface area contributed by atoms with Gasteiger partial charge in [-0.25, -0.2) is 0 Å². The summed E-state index contributed by atoms with van der Waals surface area (Å²) in [6, 6.07) is 15.3. The Morgan fingerprint density at radius 3 is 2.21 bits per heavy atom. The molecule has 0 bridgehead atoms. The minimum Gasteiger partial charge on any atom is -0.497 e. The second kappa shape index (κ2) is 6.86. The molecule has 0 unspecified atom stereocenters. The van der Waals surface area contributed by atoms with E-state index in [1.165, 1.54) is 0 Å². The van der Waals surface area contributed by atoms with Gasteiger partial charge in [0, 0.05) is 10.0 Å². The topological polar surface area (TPSA) is 18.5 Å². The Morgan fingerprint density at radius 2 is 1.58 bits per heavy atom. The molecule has 2 aromatic carbocycles. The maximum atomic E-state index is 5.51. The average molecular weight is 317 g/mol. The monoisotopic (exact) mass is 316 g/mol. The quantitative estimate of drug-likeness (QED) is 0.800. The van der Waals surface area contributed by atoms with Crippen LogP contribution in [0, 0.1) is 11.8 Å². The lowest BCUT2D eigenvalue weighted by molar-refractivity contribution is 0.370. The van der Waals surface area contributed by atoms with Crippen LogP contribution in [0.25, 0.3) is 0 Å². The van der Waals surface area contributed by atoms with Gasteiger partial charge in [0.25, 0.3) is 0 Å². The number of rotatable bonds is 3. The molecule has 0 aliphatic rings. The number of hydrogen-bond donors (Lipinski definition) is 0. The fourth-order valence-corrected chi connectivity index (χ4v) is 1.73. The fourth-order valence-electron chi connectivity index (χ4n) is 1.46. The lowest BCUT2D eigenvalue weighted by Gasteiger charge is -2.01. The third-order valence-electron chi connectivity index (χ3n) is 2.45. The molecule has 0 aliphatic carbocycles. The van der Waals surface area contributed by atoms with E-state index in [1.54, 1.807) is 7.11 Å². The predicted octanol–water partition coefficient (Wildman–Crippen LogP) is 3.89. The van der Waals surface area contributed by atoms with Crippen molar-refractivity contribution in [1.82, 2.24) is 0 Å². The minimum atomic E-state index is 0.369. The van der Waals surface area contributed by atoms with Gasteiger partial charge in [0.15, 0.2) is 0 Å². The van der Waals surface area contributed by atoms with Gasteiger partial charge in [-0.05, 0) is 48.5 Å². The van der Waals surface area contributed by atoms with E-state index in [4.69, 9.17) is 9.47 Å². The van der Waals surface area contributed by atoms with E-state index in [-0.39, 0.29) is 0 Å². The Morgan fingerprint density at radius 1 is 0.947 bits per heavy atom. The number of benzene rings is 2. The smallest absolute Gasteiger partial charge is 0.149 e. The lowest BCUT2D eigenvalue weighted by atomic mass is 10.2. The zero-order valence-electron chi connectivity index (χ0n) is 10.5. The summed E-state index contributed by atoms with van der Waals surface area (Å²) in [6.45, 7) is 0.369. The second-order valence-electron chi connectivity index (χ2n) is 3.77. The first-order valence-corrected chi connectivity index (χ1v) is 6.58. The van der Waals surface area contributed by atoms with Gasteiger partial charge in [0.1, 0.15) is 18.1 Å². The van der Waals surface area contributed by atoms with Crippen LogP contribution in [0.4, 0.5) is 0 Å².